The molecule has 0 aliphatic heterocycles. The van der Waals surface area contributed by atoms with Gasteiger partial charge in [-0.15, -0.1) is 12.1 Å². The number of halogens is 2. The first-order chi connectivity index (χ1) is 8.65. The van der Waals surface area contributed by atoms with Crippen molar-refractivity contribution in [1.82, 2.24) is 0 Å². The Labute approximate surface area is 139 Å². The molecule has 1 rings (SSSR count). The molecule has 1 fully saturated rings. The summed E-state index contributed by atoms with van der Waals surface area (Å²) in [7, 11) is 9.87. The van der Waals surface area contributed by atoms with Crippen molar-refractivity contribution in [2.24, 2.45) is 29.6 Å². The fourth-order valence-corrected chi connectivity index (χ4v) is 3.29. The van der Waals surface area contributed by atoms with Crippen molar-refractivity contribution in [2.75, 3.05) is 6.54 Å². The van der Waals surface area contributed by atoms with Gasteiger partial charge in [-0.05, 0) is 29.6 Å². The predicted octanol–water partition coefficient (Wildman–Crippen LogP) is 6.10. The molecule has 112 valence electrons. The fourth-order valence-electron chi connectivity index (χ4n) is 3.29. The average Bonchev–Trinajstić information content (AvgIpc) is 2.46. The maximum atomic E-state index is 4.93. The van der Waals surface area contributed by atoms with E-state index in [1.54, 1.807) is 0 Å². The second kappa shape index (κ2) is 9.44. The Morgan fingerprint density at radius 2 is 1.26 bits per heavy atom. The van der Waals surface area contributed by atoms with E-state index in [1.165, 1.54) is 6.42 Å². The third kappa shape index (κ3) is 7.30. The Morgan fingerprint density at radius 1 is 0.895 bits per heavy atom. The van der Waals surface area contributed by atoms with Crippen molar-refractivity contribution >= 4 is 17.0 Å². The normalized spacial score (nSPS) is 34.5. The Hall–Kier alpha value is 1.42. The summed E-state index contributed by atoms with van der Waals surface area (Å²) in [6, 6.07) is 0. The van der Waals surface area contributed by atoms with Crippen LogP contribution in [0.5, 0.6) is 0 Å². The Morgan fingerprint density at radius 3 is 1.58 bits per heavy atom. The van der Waals surface area contributed by atoms with Crippen molar-refractivity contribution in [2.45, 2.75) is 60.4 Å². The van der Waals surface area contributed by atoms with E-state index in [4.69, 9.17) is 22.3 Å². The van der Waals surface area contributed by atoms with E-state index in [1.807, 2.05) is 0 Å². The molecule has 0 saturated heterocycles. The average molecular weight is 387 g/mol. The van der Waals surface area contributed by atoms with E-state index >= 15 is 0 Å². The summed E-state index contributed by atoms with van der Waals surface area (Å²) in [4.78, 5) is 0. The van der Waals surface area contributed by atoms with Gasteiger partial charge in [0.15, 0.2) is 0 Å². The van der Waals surface area contributed by atoms with Crippen LogP contribution in [0, 0.1) is 29.6 Å². The summed E-state index contributed by atoms with van der Waals surface area (Å²) in [6.07, 6.45) is 1.29. The first kappa shape index (κ1) is 20.4. The SMILES string of the molecule is CC1C(C)C(C)C(CC[N-]C(C)(C)C)C1C.[Cl][Zr+2][Cl]. The van der Waals surface area contributed by atoms with Crippen LogP contribution in [0.25, 0.3) is 5.32 Å². The molecular weight excluding hydrogens is 356 g/mol. The fraction of sp³-hybridized carbons (Fsp3) is 1.00. The molecule has 1 aliphatic rings. The minimum atomic E-state index is -0.826. The van der Waals surface area contributed by atoms with E-state index in [0.29, 0.717) is 0 Å². The second-order valence-electron chi connectivity index (χ2n) is 7.01. The molecule has 1 saturated carbocycles. The second-order valence-corrected chi connectivity index (χ2v) is 10.7. The number of hydrogen-bond donors (Lipinski definition) is 0. The molecule has 0 radical (unpaired) electrons. The summed E-state index contributed by atoms with van der Waals surface area (Å²) in [5, 5.41) is 4.74. The van der Waals surface area contributed by atoms with Crippen LogP contribution in [0.4, 0.5) is 0 Å². The van der Waals surface area contributed by atoms with Crippen LogP contribution >= 0.6 is 17.0 Å². The van der Waals surface area contributed by atoms with Crippen molar-refractivity contribution in [1.29, 1.82) is 0 Å². The molecule has 1 nitrogen and oxygen atoms in total. The molecule has 0 heterocycles. The molecule has 0 N–H and O–H groups in total. The molecular formula is C15H30Cl2NZr+. The Balaban J connectivity index is 0.000000982. The van der Waals surface area contributed by atoms with Crippen molar-refractivity contribution < 1.29 is 20.8 Å². The van der Waals surface area contributed by atoms with Crippen molar-refractivity contribution in [3.05, 3.63) is 5.32 Å². The third-order valence-electron chi connectivity index (χ3n) is 4.89. The topological polar surface area (TPSA) is 14.1 Å². The third-order valence-corrected chi connectivity index (χ3v) is 4.89. The first-order valence-electron chi connectivity index (χ1n) is 7.30. The molecule has 4 unspecified atom stereocenters. The van der Waals surface area contributed by atoms with E-state index in [2.05, 4.69) is 48.5 Å². The summed E-state index contributed by atoms with van der Waals surface area (Å²) in [5.74, 6) is 4.40. The minimum absolute atomic E-state index is 0.141. The van der Waals surface area contributed by atoms with Gasteiger partial charge < -0.3 is 5.32 Å². The van der Waals surface area contributed by atoms with Gasteiger partial charge in [-0.2, -0.15) is 0 Å². The zero-order valence-electron chi connectivity index (χ0n) is 13.5. The molecule has 4 atom stereocenters. The van der Waals surface area contributed by atoms with Crippen LogP contribution < -0.4 is 0 Å². The zero-order chi connectivity index (χ0) is 15.2. The molecule has 0 spiro atoms. The van der Waals surface area contributed by atoms with Gasteiger partial charge in [0.1, 0.15) is 0 Å². The van der Waals surface area contributed by atoms with Crippen LogP contribution in [0.3, 0.4) is 0 Å². The summed E-state index contributed by atoms with van der Waals surface area (Å²) >= 11 is -0.826. The molecule has 0 amide bonds. The number of nitrogens with zero attached hydrogens (tertiary/aromatic N) is 1. The molecule has 0 aromatic heterocycles. The van der Waals surface area contributed by atoms with Crippen LogP contribution in [0.1, 0.15) is 54.9 Å². The molecule has 0 bridgehead atoms. The number of hydrogen-bond acceptors (Lipinski definition) is 0. The first-order valence-corrected chi connectivity index (χ1v) is 13.6. The molecule has 1 aliphatic carbocycles. The van der Waals surface area contributed by atoms with Gasteiger partial charge in [-0.1, -0.05) is 54.9 Å². The van der Waals surface area contributed by atoms with E-state index in [0.717, 1.165) is 36.1 Å². The Bertz CT molecular complexity index is 229. The quantitative estimate of drug-likeness (QED) is 0.556. The van der Waals surface area contributed by atoms with Gasteiger partial charge in [-0.3, -0.25) is 0 Å². The van der Waals surface area contributed by atoms with Crippen LogP contribution in [0.2, 0.25) is 0 Å². The summed E-state index contributed by atoms with van der Waals surface area (Å²) < 4.78 is 0. The number of rotatable bonds is 3. The molecule has 0 aromatic carbocycles. The van der Waals surface area contributed by atoms with E-state index in [-0.39, 0.29) is 5.54 Å². The Kier molecular flexibility index (Phi) is 10.1. The summed E-state index contributed by atoms with van der Waals surface area (Å²) in [6.45, 7) is 17.3. The van der Waals surface area contributed by atoms with Gasteiger partial charge in [0.25, 0.3) is 0 Å². The van der Waals surface area contributed by atoms with E-state index in [9.17, 15) is 0 Å². The van der Waals surface area contributed by atoms with E-state index < -0.39 is 20.8 Å². The standard InChI is InChI=1S/C15H30N.2ClH.Zr/c1-10-11(2)13(4)14(12(10)3)8-9-16-15(5,6)7;;;/h10-14H,8-9H2,1-7H3;2*1H;/q-1;;;+4/p-2. The summed E-state index contributed by atoms with van der Waals surface area (Å²) in [5.41, 5.74) is 0.141. The monoisotopic (exact) mass is 384 g/mol. The van der Waals surface area contributed by atoms with Crippen molar-refractivity contribution in [3.63, 3.8) is 0 Å². The van der Waals surface area contributed by atoms with Gasteiger partial charge in [0.05, 0.1) is 0 Å². The van der Waals surface area contributed by atoms with Crippen LogP contribution in [0.15, 0.2) is 0 Å². The van der Waals surface area contributed by atoms with Gasteiger partial charge in [0.2, 0.25) is 0 Å². The van der Waals surface area contributed by atoms with Gasteiger partial charge in [0, 0.05) is 0 Å². The van der Waals surface area contributed by atoms with Crippen LogP contribution in [-0.2, 0) is 20.8 Å². The maximum absolute atomic E-state index is 4.93. The van der Waals surface area contributed by atoms with Gasteiger partial charge in [-0.25, -0.2) is 0 Å². The van der Waals surface area contributed by atoms with Gasteiger partial charge >= 0.3 is 37.9 Å². The zero-order valence-corrected chi connectivity index (χ0v) is 17.5. The molecule has 4 heteroatoms. The predicted molar refractivity (Wildman–Crippen MR) is 84.4 cm³/mol. The van der Waals surface area contributed by atoms with Crippen molar-refractivity contribution in [3.8, 4) is 0 Å². The molecule has 19 heavy (non-hydrogen) atoms. The van der Waals surface area contributed by atoms with Crippen LogP contribution in [-0.4, -0.2) is 12.1 Å². The molecule has 0 aromatic rings.